The van der Waals surface area contributed by atoms with E-state index in [1.54, 1.807) is 7.11 Å². The summed E-state index contributed by atoms with van der Waals surface area (Å²) in [7, 11) is 1.65. The highest BCUT2D eigenvalue weighted by Gasteiger charge is 2.30. The van der Waals surface area contributed by atoms with Crippen LogP contribution in [0.4, 0.5) is 0 Å². The summed E-state index contributed by atoms with van der Waals surface area (Å²) in [6.07, 6.45) is 3.54. The second kappa shape index (κ2) is 9.22. The molecule has 3 rings (SSSR count). The third-order valence-corrected chi connectivity index (χ3v) is 5.65. The van der Waals surface area contributed by atoms with Crippen LogP contribution in [-0.2, 0) is 16.0 Å². The Morgan fingerprint density at radius 3 is 2.59 bits per heavy atom. The topological polar surface area (TPSA) is 61.9 Å². The van der Waals surface area contributed by atoms with Crippen LogP contribution in [0, 0.1) is 5.92 Å². The lowest BCUT2D eigenvalue weighted by Gasteiger charge is -2.29. The van der Waals surface area contributed by atoms with Crippen molar-refractivity contribution in [2.75, 3.05) is 39.8 Å². The molecule has 2 heterocycles. The standard InChI is InChI=1S/C21H31N3O3/c1-16-7-10-23(11-8-16)15-20(25)22-18-13-21(26)24(14-18)12-9-17-3-5-19(27-2)6-4-17/h3-6,16,18H,7-15H2,1-2H3,(H,22,25)/t18-/m1/s1. The maximum Gasteiger partial charge on any atom is 0.234 e. The van der Waals surface area contributed by atoms with E-state index >= 15 is 0 Å². The van der Waals surface area contributed by atoms with Crippen molar-refractivity contribution < 1.29 is 14.3 Å². The van der Waals surface area contributed by atoms with Crippen LogP contribution < -0.4 is 10.1 Å². The molecule has 2 fully saturated rings. The third kappa shape index (κ3) is 5.70. The van der Waals surface area contributed by atoms with Crippen molar-refractivity contribution in [3.63, 3.8) is 0 Å². The van der Waals surface area contributed by atoms with Gasteiger partial charge in [0.05, 0.1) is 19.7 Å². The molecule has 0 spiro atoms. The summed E-state index contributed by atoms with van der Waals surface area (Å²) in [4.78, 5) is 28.6. The molecule has 1 aromatic carbocycles. The minimum absolute atomic E-state index is 0.0411. The average molecular weight is 373 g/mol. The van der Waals surface area contributed by atoms with E-state index in [2.05, 4.69) is 17.1 Å². The second-order valence-electron chi connectivity index (χ2n) is 7.87. The maximum absolute atomic E-state index is 12.3. The fraction of sp³-hybridized carbons (Fsp3) is 0.619. The first-order valence-electron chi connectivity index (χ1n) is 9.96. The number of hydrogen-bond acceptors (Lipinski definition) is 4. The van der Waals surface area contributed by atoms with Crippen LogP contribution in [0.5, 0.6) is 5.75 Å². The molecule has 6 nitrogen and oxygen atoms in total. The Bertz CT molecular complexity index is 639. The summed E-state index contributed by atoms with van der Waals surface area (Å²) in [6.45, 7) is 5.99. The monoisotopic (exact) mass is 373 g/mol. The Balaban J connectivity index is 1.40. The van der Waals surface area contributed by atoms with Crippen molar-refractivity contribution in [3.8, 4) is 5.75 Å². The molecule has 0 aliphatic carbocycles. The third-order valence-electron chi connectivity index (χ3n) is 5.65. The molecule has 0 aromatic heterocycles. The van der Waals surface area contributed by atoms with Gasteiger partial charge in [0.2, 0.25) is 11.8 Å². The smallest absolute Gasteiger partial charge is 0.234 e. The van der Waals surface area contributed by atoms with Crippen molar-refractivity contribution in [1.82, 2.24) is 15.1 Å². The van der Waals surface area contributed by atoms with Crippen LogP contribution in [0.3, 0.4) is 0 Å². The van der Waals surface area contributed by atoms with Crippen molar-refractivity contribution in [3.05, 3.63) is 29.8 Å². The van der Waals surface area contributed by atoms with E-state index in [-0.39, 0.29) is 17.9 Å². The number of hydrogen-bond donors (Lipinski definition) is 1. The minimum atomic E-state index is -0.0652. The van der Waals surface area contributed by atoms with Gasteiger partial charge in [0.25, 0.3) is 0 Å². The summed E-state index contributed by atoms with van der Waals surface area (Å²) >= 11 is 0. The lowest BCUT2D eigenvalue weighted by Crippen LogP contribution is -2.45. The summed E-state index contributed by atoms with van der Waals surface area (Å²) in [5, 5.41) is 3.05. The van der Waals surface area contributed by atoms with Gasteiger partial charge in [-0.3, -0.25) is 14.5 Å². The lowest BCUT2D eigenvalue weighted by atomic mass is 9.99. The fourth-order valence-corrected chi connectivity index (χ4v) is 3.84. The largest absolute Gasteiger partial charge is 0.497 e. The Morgan fingerprint density at radius 2 is 1.93 bits per heavy atom. The van der Waals surface area contributed by atoms with Gasteiger partial charge in [-0.05, 0) is 56.0 Å². The Morgan fingerprint density at radius 1 is 1.22 bits per heavy atom. The molecule has 1 aromatic rings. The predicted octanol–water partition coefficient (Wildman–Crippen LogP) is 1.69. The maximum atomic E-state index is 12.3. The molecule has 0 bridgehead atoms. The van der Waals surface area contributed by atoms with Gasteiger partial charge in [-0.15, -0.1) is 0 Å². The number of rotatable bonds is 7. The van der Waals surface area contributed by atoms with E-state index in [9.17, 15) is 9.59 Å². The molecule has 2 aliphatic rings. The van der Waals surface area contributed by atoms with Gasteiger partial charge >= 0.3 is 0 Å². The molecule has 6 heteroatoms. The molecule has 0 unspecified atom stereocenters. The van der Waals surface area contributed by atoms with Crippen molar-refractivity contribution in [2.45, 2.75) is 38.6 Å². The number of amides is 2. The SMILES string of the molecule is COc1ccc(CCN2C[C@H](NC(=O)CN3CCC(C)CC3)CC2=O)cc1. The summed E-state index contributed by atoms with van der Waals surface area (Å²) in [5.41, 5.74) is 1.18. The van der Waals surface area contributed by atoms with E-state index in [1.807, 2.05) is 29.2 Å². The minimum Gasteiger partial charge on any atom is -0.497 e. The predicted molar refractivity (Wildman–Crippen MR) is 105 cm³/mol. The van der Waals surface area contributed by atoms with Gasteiger partial charge in [0, 0.05) is 19.5 Å². The Labute approximate surface area is 161 Å². The number of nitrogens with zero attached hydrogens (tertiary/aromatic N) is 2. The van der Waals surface area contributed by atoms with E-state index in [4.69, 9.17) is 4.74 Å². The first-order valence-corrected chi connectivity index (χ1v) is 9.96. The fourth-order valence-electron chi connectivity index (χ4n) is 3.84. The van der Waals surface area contributed by atoms with Crippen LogP contribution in [0.2, 0.25) is 0 Å². The van der Waals surface area contributed by atoms with Gasteiger partial charge in [0.15, 0.2) is 0 Å². The lowest BCUT2D eigenvalue weighted by molar-refractivity contribution is -0.127. The molecule has 1 atom stereocenters. The molecule has 2 amide bonds. The number of nitrogens with one attached hydrogen (secondary N) is 1. The number of benzene rings is 1. The number of carbonyl (C=O) groups excluding carboxylic acids is 2. The van der Waals surface area contributed by atoms with E-state index in [0.717, 1.165) is 44.0 Å². The van der Waals surface area contributed by atoms with Gasteiger partial charge in [-0.2, -0.15) is 0 Å². The molecule has 27 heavy (non-hydrogen) atoms. The Hall–Kier alpha value is -2.08. The highest BCUT2D eigenvalue weighted by atomic mass is 16.5. The summed E-state index contributed by atoms with van der Waals surface area (Å²) < 4.78 is 5.17. The molecule has 1 N–H and O–H groups in total. The number of piperidine rings is 1. The highest BCUT2D eigenvalue weighted by molar-refractivity contribution is 5.83. The van der Waals surface area contributed by atoms with E-state index < -0.39 is 0 Å². The van der Waals surface area contributed by atoms with Gasteiger partial charge < -0.3 is 15.0 Å². The first-order chi connectivity index (χ1) is 13.0. The van der Waals surface area contributed by atoms with Crippen molar-refractivity contribution in [1.29, 1.82) is 0 Å². The molecular weight excluding hydrogens is 342 g/mol. The van der Waals surface area contributed by atoms with Crippen LogP contribution in [0.15, 0.2) is 24.3 Å². The van der Waals surface area contributed by atoms with Crippen LogP contribution in [-0.4, -0.2) is 67.5 Å². The zero-order chi connectivity index (χ0) is 19.2. The van der Waals surface area contributed by atoms with Gasteiger partial charge in [-0.1, -0.05) is 19.1 Å². The zero-order valence-electron chi connectivity index (χ0n) is 16.4. The first kappa shape index (κ1) is 19.7. The van der Waals surface area contributed by atoms with Crippen LogP contribution >= 0.6 is 0 Å². The number of likely N-dealkylation sites (tertiary alicyclic amines) is 2. The second-order valence-corrected chi connectivity index (χ2v) is 7.87. The number of methoxy groups -OCH3 is 1. The van der Waals surface area contributed by atoms with Gasteiger partial charge in [-0.25, -0.2) is 0 Å². The van der Waals surface area contributed by atoms with Crippen LogP contribution in [0.1, 0.15) is 31.7 Å². The zero-order valence-corrected chi connectivity index (χ0v) is 16.4. The van der Waals surface area contributed by atoms with E-state index in [0.29, 0.717) is 26.1 Å². The quantitative estimate of drug-likeness (QED) is 0.790. The highest BCUT2D eigenvalue weighted by Crippen LogP contribution is 2.17. The van der Waals surface area contributed by atoms with Crippen molar-refractivity contribution in [2.24, 2.45) is 5.92 Å². The van der Waals surface area contributed by atoms with E-state index in [1.165, 1.54) is 5.56 Å². The number of carbonyl (C=O) groups is 2. The molecule has 148 valence electrons. The normalized spacial score (nSPS) is 21.5. The molecular formula is C21H31N3O3. The van der Waals surface area contributed by atoms with Gasteiger partial charge in [0.1, 0.15) is 5.75 Å². The average Bonchev–Trinajstić information content (AvgIpc) is 3.01. The summed E-state index contributed by atoms with van der Waals surface area (Å²) in [5.74, 6) is 1.76. The molecule has 2 saturated heterocycles. The molecule has 0 radical (unpaired) electrons. The van der Waals surface area contributed by atoms with Crippen molar-refractivity contribution >= 4 is 11.8 Å². The number of ether oxygens (including phenoxy) is 1. The Kier molecular flexibility index (Phi) is 6.72. The summed E-state index contributed by atoms with van der Waals surface area (Å²) in [6, 6.07) is 7.86. The molecule has 0 saturated carbocycles. The van der Waals surface area contributed by atoms with Crippen LogP contribution in [0.25, 0.3) is 0 Å². The molecule has 2 aliphatic heterocycles.